The summed E-state index contributed by atoms with van der Waals surface area (Å²) >= 11 is 0. The van der Waals surface area contributed by atoms with Gasteiger partial charge in [-0.3, -0.25) is 4.98 Å². The first-order chi connectivity index (χ1) is 8.04. The number of rotatable bonds is 3. The molecule has 1 aromatic heterocycles. The van der Waals surface area contributed by atoms with E-state index >= 15 is 0 Å². The smallest absolute Gasteiger partial charge is 0.257 e. The first-order valence-corrected chi connectivity index (χ1v) is 8.67. The molecule has 2 N–H and O–H groups in total. The molecule has 0 amide bonds. The summed E-state index contributed by atoms with van der Waals surface area (Å²) < 4.78 is 0. The fourth-order valence-electron chi connectivity index (χ4n) is 1.56. The minimum Gasteiger partial charge on any atom is -0.257 e. The van der Waals surface area contributed by atoms with Crippen molar-refractivity contribution in [1.29, 1.82) is 0 Å². The molecule has 0 aliphatic carbocycles. The third-order valence-electron chi connectivity index (χ3n) is 2.33. The van der Waals surface area contributed by atoms with Gasteiger partial charge in [-0.25, -0.2) is 9.79 Å². The van der Waals surface area contributed by atoms with E-state index in [2.05, 4.69) is 13.9 Å². The van der Waals surface area contributed by atoms with Crippen molar-refractivity contribution in [2.45, 2.75) is 6.16 Å². The highest BCUT2D eigenvalue weighted by Gasteiger charge is 2.26. The molecule has 1 atom stereocenters. The van der Waals surface area contributed by atoms with E-state index in [0.717, 1.165) is 11.1 Å². The molecule has 0 aliphatic heterocycles. The molecule has 17 heavy (non-hydrogen) atoms. The highest BCUT2D eigenvalue weighted by Crippen LogP contribution is 2.60. The van der Waals surface area contributed by atoms with Crippen LogP contribution in [-0.2, 0) is 6.16 Å². The van der Waals surface area contributed by atoms with Gasteiger partial charge in [-0.05, 0) is 11.6 Å². The third-order valence-corrected chi connectivity index (χ3v) is 3.66. The van der Waals surface area contributed by atoms with Crippen LogP contribution < -0.4 is 0 Å². The topological polar surface area (TPSA) is 53.4 Å². The molecule has 0 saturated carbocycles. The molecule has 5 heteroatoms. The number of hydrogen-bond acceptors (Lipinski definition) is 3. The van der Waals surface area contributed by atoms with Crippen molar-refractivity contribution >= 4 is 16.3 Å². The summed E-state index contributed by atoms with van der Waals surface area (Å²) in [6.07, 6.45) is 1.96. The Kier molecular flexibility index (Phi) is 3.86. The number of pyridine rings is 1. The predicted octanol–water partition coefficient (Wildman–Crippen LogP) is 2.87. The van der Waals surface area contributed by atoms with Crippen molar-refractivity contribution in [3.05, 3.63) is 54.4 Å². The van der Waals surface area contributed by atoms with Gasteiger partial charge in [0.15, 0.2) is 6.16 Å². The van der Waals surface area contributed by atoms with Crippen LogP contribution >= 0.6 is 16.3 Å². The van der Waals surface area contributed by atoms with E-state index in [0.29, 0.717) is 5.69 Å². The van der Waals surface area contributed by atoms with Crippen LogP contribution in [0.5, 0.6) is 0 Å². The Hall–Kier alpha value is -0.850. The summed E-state index contributed by atoms with van der Waals surface area (Å²) in [4.78, 5) is 22.9. The van der Waals surface area contributed by atoms with Crippen molar-refractivity contribution in [2.75, 3.05) is 0 Å². The van der Waals surface area contributed by atoms with Crippen LogP contribution in [0, 0.1) is 0 Å². The lowest BCUT2D eigenvalue weighted by Crippen LogP contribution is -1.92. The number of nitrogens with zero attached hydrogens (tertiary/aromatic N) is 1. The molecule has 0 aliphatic rings. The van der Waals surface area contributed by atoms with Crippen LogP contribution in [0.3, 0.4) is 0 Å². The normalized spacial score (nSPS) is 11.5. The predicted molar refractivity (Wildman–Crippen MR) is 74.4 cm³/mol. The zero-order valence-electron chi connectivity index (χ0n) is 9.19. The van der Waals surface area contributed by atoms with Crippen molar-refractivity contribution in [3.63, 3.8) is 0 Å². The lowest BCUT2D eigenvalue weighted by atomic mass is 10.1. The van der Waals surface area contributed by atoms with Gasteiger partial charge in [0.1, 0.15) is 0 Å². The second kappa shape index (κ2) is 5.20. The molecule has 2 aromatic rings. The second-order valence-electron chi connectivity index (χ2n) is 3.85. The fourth-order valence-corrected chi connectivity index (χ4v) is 2.78. The van der Waals surface area contributed by atoms with Crippen molar-refractivity contribution in [1.82, 2.24) is 4.98 Å². The maximum Gasteiger partial charge on any atom is 0.284 e. The van der Waals surface area contributed by atoms with E-state index < -0.39 is 7.40 Å². The average Bonchev–Trinajstić information content (AvgIpc) is 2.29. The molecule has 1 heterocycles. The fraction of sp³-hybridized carbons (Fsp3) is 0.0833. The van der Waals surface area contributed by atoms with Gasteiger partial charge in [0.2, 0.25) is 0 Å². The van der Waals surface area contributed by atoms with Gasteiger partial charge in [-0.2, -0.15) is 0 Å². The van der Waals surface area contributed by atoms with Crippen LogP contribution in [0.25, 0.3) is 11.1 Å². The zero-order valence-corrected chi connectivity index (χ0v) is 11.2. The van der Waals surface area contributed by atoms with Crippen LogP contribution in [-0.4, -0.2) is 14.8 Å². The molecule has 2 rings (SSSR count). The van der Waals surface area contributed by atoms with Gasteiger partial charge in [0.05, 0.1) is 14.6 Å². The molecule has 0 radical (unpaired) electrons. The molecular weight excluding hydrogens is 252 g/mol. The lowest BCUT2D eigenvalue weighted by Gasteiger charge is -2.06. The van der Waals surface area contributed by atoms with Gasteiger partial charge in [0.25, 0.3) is 7.40 Å². The monoisotopic (exact) mass is 266 g/mol. The lowest BCUT2D eigenvalue weighted by molar-refractivity contribution is 0.472. The maximum absolute atomic E-state index is 9.35. The quantitative estimate of drug-likeness (QED) is 0.840. The van der Waals surface area contributed by atoms with Crippen LogP contribution in [0.1, 0.15) is 5.69 Å². The molecular formula is C12H14NO2P2+. The summed E-state index contributed by atoms with van der Waals surface area (Å²) in [6, 6.07) is 13.7. The summed E-state index contributed by atoms with van der Waals surface area (Å²) in [5.41, 5.74) is 2.82. The average molecular weight is 266 g/mol. The third kappa shape index (κ3) is 3.83. The number of benzene rings is 1. The molecule has 3 nitrogen and oxygen atoms in total. The van der Waals surface area contributed by atoms with E-state index in [-0.39, 0.29) is 6.16 Å². The van der Waals surface area contributed by atoms with E-state index in [1.165, 1.54) is 0 Å². The first kappa shape index (κ1) is 12.6. The number of aromatic nitrogens is 1. The highest BCUT2D eigenvalue weighted by atomic mass is 32.1. The molecule has 0 fully saturated rings. The standard InChI is InChI=1S/C12H14NO2P2/c14-17(15,16)9-12-7-6-11(8-13-12)10-4-2-1-3-5-10/h1-8,14-15H,9,16H2/q+1. The Morgan fingerprint density at radius 1 is 1.00 bits per heavy atom. The largest absolute Gasteiger partial charge is 0.284 e. The molecule has 1 aromatic carbocycles. The van der Waals surface area contributed by atoms with E-state index in [1.54, 1.807) is 6.20 Å². The van der Waals surface area contributed by atoms with Crippen molar-refractivity contribution in [2.24, 2.45) is 0 Å². The summed E-state index contributed by atoms with van der Waals surface area (Å²) in [5.74, 6) is 0. The highest BCUT2D eigenvalue weighted by molar-refractivity contribution is 8.17. The first-order valence-electron chi connectivity index (χ1n) is 5.17. The van der Waals surface area contributed by atoms with Crippen LogP contribution in [0.2, 0.25) is 0 Å². The minimum absolute atomic E-state index is 0.201. The molecule has 88 valence electrons. The van der Waals surface area contributed by atoms with Crippen LogP contribution in [0.4, 0.5) is 0 Å². The van der Waals surface area contributed by atoms with Gasteiger partial charge in [-0.15, -0.1) is 0 Å². The zero-order chi connectivity index (χ0) is 12.3. The van der Waals surface area contributed by atoms with E-state index in [4.69, 9.17) is 0 Å². The van der Waals surface area contributed by atoms with Crippen LogP contribution in [0.15, 0.2) is 48.7 Å². The molecule has 0 spiro atoms. The SMILES string of the molecule is O[P+](O)(P)Cc1ccc(-c2ccccc2)cn1. The Labute approximate surface area is 103 Å². The summed E-state index contributed by atoms with van der Waals surface area (Å²) in [7, 11) is -0.789. The van der Waals surface area contributed by atoms with Crippen molar-refractivity contribution < 1.29 is 9.79 Å². The maximum atomic E-state index is 9.35. The summed E-state index contributed by atoms with van der Waals surface area (Å²) in [5, 5.41) is 0. The Bertz CT molecular complexity index is 480. The van der Waals surface area contributed by atoms with Gasteiger partial charge < -0.3 is 0 Å². The molecule has 0 bridgehead atoms. The second-order valence-corrected chi connectivity index (χ2v) is 8.22. The Morgan fingerprint density at radius 3 is 2.24 bits per heavy atom. The number of hydrogen-bond donors (Lipinski definition) is 2. The Balaban J connectivity index is 2.19. The van der Waals surface area contributed by atoms with Crippen molar-refractivity contribution in [3.8, 4) is 11.1 Å². The van der Waals surface area contributed by atoms with Gasteiger partial charge >= 0.3 is 0 Å². The molecule has 0 saturated heterocycles. The molecule has 1 unspecified atom stereocenters. The van der Waals surface area contributed by atoms with Gasteiger partial charge in [-0.1, -0.05) is 36.4 Å². The Morgan fingerprint density at radius 2 is 1.71 bits per heavy atom. The minimum atomic E-state index is -2.87. The summed E-state index contributed by atoms with van der Waals surface area (Å²) in [6.45, 7) is 0. The van der Waals surface area contributed by atoms with Gasteiger partial charge in [0, 0.05) is 11.8 Å². The van der Waals surface area contributed by atoms with E-state index in [1.807, 2.05) is 42.5 Å². The van der Waals surface area contributed by atoms with E-state index in [9.17, 15) is 9.79 Å².